The molecule has 0 radical (unpaired) electrons. The molecule has 3 heterocycles. The highest BCUT2D eigenvalue weighted by atomic mass is 16.5. The van der Waals surface area contributed by atoms with E-state index in [0.29, 0.717) is 5.69 Å². The largest absolute Gasteiger partial charge is 0.465 e. The van der Waals surface area contributed by atoms with E-state index in [9.17, 15) is 9.59 Å². The van der Waals surface area contributed by atoms with Gasteiger partial charge in [-0.2, -0.15) is 5.10 Å². The molecule has 0 atom stereocenters. The predicted molar refractivity (Wildman–Crippen MR) is 115 cm³/mol. The first-order valence-corrected chi connectivity index (χ1v) is 9.50. The highest BCUT2D eigenvalue weighted by molar-refractivity contribution is 6.05. The number of rotatable bonds is 4. The lowest BCUT2D eigenvalue weighted by molar-refractivity contribution is -0.139. The lowest BCUT2D eigenvalue weighted by Crippen LogP contribution is -2.27. The van der Waals surface area contributed by atoms with Crippen LogP contribution in [-0.4, -0.2) is 40.8 Å². The number of hydrogen-bond acceptors (Lipinski definition) is 7. The van der Waals surface area contributed by atoms with Gasteiger partial charge in [-0.1, -0.05) is 18.2 Å². The standard InChI is InChI=1S/C23H20N4O4/c1-15-13-20-24-11-10-19(27(20)25-15)16-7-6-8-17(14-16)26-12-5-4-9-18(22(28)30-2)21(26)23(29)31-3/h4-14H,1-3H3. The van der Waals surface area contributed by atoms with Gasteiger partial charge in [0, 0.05) is 29.7 Å². The summed E-state index contributed by atoms with van der Waals surface area (Å²) in [6, 6.07) is 11.3. The molecule has 0 spiro atoms. The lowest BCUT2D eigenvalue weighted by Gasteiger charge is -2.23. The van der Waals surface area contributed by atoms with Crippen molar-refractivity contribution in [3.05, 3.63) is 84.0 Å². The number of esters is 2. The third kappa shape index (κ3) is 3.71. The van der Waals surface area contributed by atoms with Crippen LogP contribution in [0.5, 0.6) is 0 Å². The summed E-state index contributed by atoms with van der Waals surface area (Å²) in [5.74, 6) is -1.29. The van der Waals surface area contributed by atoms with Crippen molar-refractivity contribution in [3.8, 4) is 11.3 Å². The van der Waals surface area contributed by atoms with Crippen LogP contribution in [0.15, 0.2) is 78.3 Å². The molecule has 0 saturated carbocycles. The van der Waals surface area contributed by atoms with Crippen molar-refractivity contribution in [2.45, 2.75) is 6.92 Å². The Morgan fingerprint density at radius 2 is 1.81 bits per heavy atom. The van der Waals surface area contributed by atoms with Crippen LogP contribution in [0.3, 0.4) is 0 Å². The Labute approximate surface area is 178 Å². The number of methoxy groups -OCH3 is 2. The van der Waals surface area contributed by atoms with Crippen molar-refractivity contribution in [2.24, 2.45) is 0 Å². The van der Waals surface area contributed by atoms with Crippen LogP contribution in [-0.2, 0) is 19.1 Å². The van der Waals surface area contributed by atoms with E-state index in [2.05, 4.69) is 10.1 Å². The summed E-state index contributed by atoms with van der Waals surface area (Å²) >= 11 is 0. The first-order valence-electron chi connectivity index (χ1n) is 9.50. The fourth-order valence-corrected chi connectivity index (χ4v) is 3.41. The highest BCUT2D eigenvalue weighted by Gasteiger charge is 2.27. The number of benzene rings is 1. The SMILES string of the molecule is COC(=O)C1=C(C(=O)OC)N(c2cccc(-c3ccnc4cc(C)nn34)c2)C=CC=C1. The second-order valence-corrected chi connectivity index (χ2v) is 6.75. The number of ether oxygens (including phenoxy) is 2. The van der Waals surface area contributed by atoms with E-state index in [1.54, 1.807) is 34.0 Å². The molecule has 156 valence electrons. The normalized spacial score (nSPS) is 13.5. The fourth-order valence-electron chi connectivity index (χ4n) is 3.41. The van der Waals surface area contributed by atoms with Crippen molar-refractivity contribution < 1.29 is 19.1 Å². The third-order valence-corrected chi connectivity index (χ3v) is 4.79. The number of hydrogen-bond donors (Lipinski definition) is 0. The van der Waals surface area contributed by atoms with Crippen LogP contribution in [0.4, 0.5) is 5.69 Å². The van der Waals surface area contributed by atoms with E-state index in [-0.39, 0.29) is 11.3 Å². The summed E-state index contributed by atoms with van der Waals surface area (Å²) in [6.07, 6.45) is 8.34. The van der Waals surface area contributed by atoms with Crippen LogP contribution in [0.25, 0.3) is 16.9 Å². The number of aromatic nitrogens is 3. The maximum absolute atomic E-state index is 12.6. The molecule has 0 N–H and O–H groups in total. The molecular weight excluding hydrogens is 396 g/mol. The van der Waals surface area contributed by atoms with Crippen LogP contribution < -0.4 is 4.90 Å². The third-order valence-electron chi connectivity index (χ3n) is 4.79. The van der Waals surface area contributed by atoms with Gasteiger partial charge in [-0.05, 0) is 37.3 Å². The van der Waals surface area contributed by atoms with Gasteiger partial charge in [0.25, 0.3) is 0 Å². The molecule has 0 saturated heterocycles. The fraction of sp³-hybridized carbons (Fsp3) is 0.130. The van der Waals surface area contributed by atoms with Crippen LogP contribution in [0.1, 0.15) is 5.69 Å². The van der Waals surface area contributed by atoms with Crippen LogP contribution in [0, 0.1) is 6.92 Å². The molecule has 2 aromatic heterocycles. The Morgan fingerprint density at radius 1 is 1.00 bits per heavy atom. The number of aryl methyl sites for hydroxylation is 1. The van der Waals surface area contributed by atoms with Crippen molar-refractivity contribution in [2.75, 3.05) is 19.1 Å². The minimum atomic E-state index is -0.656. The second kappa shape index (κ2) is 8.27. The molecule has 0 unspecified atom stereocenters. The Bertz CT molecular complexity index is 1270. The molecule has 8 nitrogen and oxygen atoms in total. The topological polar surface area (TPSA) is 86.0 Å². The summed E-state index contributed by atoms with van der Waals surface area (Å²) in [6.45, 7) is 1.91. The molecule has 0 amide bonds. The van der Waals surface area contributed by atoms with Gasteiger partial charge >= 0.3 is 11.9 Å². The zero-order valence-corrected chi connectivity index (χ0v) is 17.3. The predicted octanol–water partition coefficient (Wildman–Crippen LogP) is 3.19. The average Bonchev–Trinajstić information content (AvgIpc) is 3.04. The maximum atomic E-state index is 12.6. The van der Waals surface area contributed by atoms with E-state index < -0.39 is 11.9 Å². The van der Waals surface area contributed by atoms with Gasteiger partial charge in [-0.25, -0.2) is 19.1 Å². The Balaban J connectivity index is 1.87. The first-order chi connectivity index (χ1) is 15.0. The van der Waals surface area contributed by atoms with E-state index in [0.717, 1.165) is 22.6 Å². The molecule has 1 aliphatic rings. The number of fused-ring (bicyclic) bond motifs is 1. The lowest BCUT2D eigenvalue weighted by atomic mass is 10.1. The second-order valence-electron chi connectivity index (χ2n) is 6.75. The number of carbonyl (C=O) groups excluding carboxylic acids is 2. The quantitative estimate of drug-likeness (QED) is 0.604. The molecule has 31 heavy (non-hydrogen) atoms. The van der Waals surface area contributed by atoms with E-state index in [1.165, 1.54) is 20.3 Å². The molecule has 1 aromatic carbocycles. The summed E-state index contributed by atoms with van der Waals surface area (Å²) in [5, 5.41) is 4.52. The number of allylic oxidation sites excluding steroid dienone is 2. The smallest absolute Gasteiger partial charge is 0.355 e. The van der Waals surface area contributed by atoms with Gasteiger partial charge in [-0.3, -0.25) is 0 Å². The van der Waals surface area contributed by atoms with Crippen LogP contribution >= 0.6 is 0 Å². The molecular formula is C23H20N4O4. The molecule has 1 aliphatic heterocycles. The minimum absolute atomic E-state index is 0.0614. The van der Waals surface area contributed by atoms with E-state index >= 15 is 0 Å². The Morgan fingerprint density at radius 3 is 2.58 bits per heavy atom. The summed E-state index contributed by atoms with van der Waals surface area (Å²) in [5.41, 5.74) is 4.12. The van der Waals surface area contributed by atoms with Crippen molar-refractivity contribution in [1.82, 2.24) is 14.6 Å². The van der Waals surface area contributed by atoms with Gasteiger partial charge in [0.15, 0.2) is 5.65 Å². The van der Waals surface area contributed by atoms with Gasteiger partial charge in [0.1, 0.15) is 5.70 Å². The maximum Gasteiger partial charge on any atom is 0.355 e. The van der Waals surface area contributed by atoms with Gasteiger partial charge in [-0.15, -0.1) is 0 Å². The number of nitrogens with zero attached hydrogens (tertiary/aromatic N) is 4. The van der Waals surface area contributed by atoms with E-state index in [1.807, 2.05) is 43.3 Å². The van der Waals surface area contributed by atoms with Gasteiger partial charge in [0.05, 0.1) is 31.2 Å². The highest BCUT2D eigenvalue weighted by Crippen LogP contribution is 2.30. The zero-order valence-electron chi connectivity index (χ0n) is 17.3. The van der Waals surface area contributed by atoms with Gasteiger partial charge < -0.3 is 14.4 Å². The Hall–Kier alpha value is -4.20. The zero-order chi connectivity index (χ0) is 22.0. The summed E-state index contributed by atoms with van der Waals surface area (Å²) in [7, 11) is 2.53. The molecule has 0 fully saturated rings. The number of anilines is 1. The van der Waals surface area contributed by atoms with Crippen molar-refractivity contribution in [3.63, 3.8) is 0 Å². The molecule has 0 bridgehead atoms. The minimum Gasteiger partial charge on any atom is -0.465 e. The summed E-state index contributed by atoms with van der Waals surface area (Å²) < 4.78 is 11.6. The van der Waals surface area contributed by atoms with Gasteiger partial charge in [0.2, 0.25) is 0 Å². The van der Waals surface area contributed by atoms with Crippen molar-refractivity contribution >= 4 is 23.3 Å². The average molecular weight is 416 g/mol. The molecule has 8 heteroatoms. The van der Waals surface area contributed by atoms with Crippen molar-refractivity contribution in [1.29, 1.82) is 0 Å². The first kappa shape index (κ1) is 20.1. The summed E-state index contributed by atoms with van der Waals surface area (Å²) in [4.78, 5) is 31.0. The van der Waals surface area contributed by atoms with E-state index in [4.69, 9.17) is 9.47 Å². The molecule has 0 aliphatic carbocycles. The number of carbonyl (C=O) groups is 2. The Kier molecular flexibility index (Phi) is 5.36. The molecule has 4 rings (SSSR count). The molecule has 3 aromatic rings. The monoisotopic (exact) mass is 416 g/mol. The van der Waals surface area contributed by atoms with Crippen LogP contribution in [0.2, 0.25) is 0 Å².